The third-order valence-electron chi connectivity index (χ3n) is 4.31. The van der Waals surface area contributed by atoms with Crippen LogP contribution in [0.25, 0.3) is 0 Å². The van der Waals surface area contributed by atoms with Gasteiger partial charge in [-0.2, -0.15) is 10.2 Å². The minimum atomic E-state index is -0.175. The Morgan fingerprint density at radius 2 is 1.96 bits per heavy atom. The van der Waals surface area contributed by atoms with Crippen molar-refractivity contribution in [1.82, 2.24) is 19.6 Å². The molecule has 0 radical (unpaired) electrons. The summed E-state index contributed by atoms with van der Waals surface area (Å²) in [6.07, 6.45) is 1.68. The monoisotopic (exact) mass is 449 g/mol. The Labute approximate surface area is 160 Å². The van der Waals surface area contributed by atoms with Gasteiger partial charge in [0.1, 0.15) is 5.69 Å². The molecule has 0 unspecified atom stereocenters. The van der Waals surface area contributed by atoms with Crippen LogP contribution in [0.15, 0.2) is 30.5 Å². The average molecular weight is 449 g/mol. The van der Waals surface area contributed by atoms with Gasteiger partial charge < -0.3 is 5.32 Å². The van der Waals surface area contributed by atoms with Crippen LogP contribution in [0.5, 0.6) is 0 Å². The minimum Gasteiger partial charge on any atom is -0.317 e. The molecule has 0 saturated heterocycles. The van der Waals surface area contributed by atoms with Gasteiger partial charge >= 0.3 is 0 Å². The fourth-order valence-corrected chi connectivity index (χ4v) is 3.54. The van der Waals surface area contributed by atoms with E-state index in [4.69, 9.17) is 0 Å². The largest absolute Gasteiger partial charge is 0.317 e. The van der Waals surface area contributed by atoms with E-state index in [2.05, 4.69) is 57.2 Å². The van der Waals surface area contributed by atoms with Crippen molar-refractivity contribution in [3.63, 3.8) is 0 Å². The second-order valence-electron chi connectivity index (χ2n) is 6.05. The van der Waals surface area contributed by atoms with Crippen LogP contribution in [0.2, 0.25) is 0 Å². The fraction of sp³-hybridized carbons (Fsp3) is 0.278. The number of amides is 1. The molecule has 2 heterocycles. The number of carbonyl (C=O) groups excluding carboxylic acids is 1. The maximum atomic E-state index is 12.6. The van der Waals surface area contributed by atoms with Gasteiger partial charge in [-0.15, -0.1) is 0 Å². The molecular weight excluding hydrogens is 429 g/mol. The van der Waals surface area contributed by atoms with Crippen LogP contribution in [0.3, 0.4) is 0 Å². The number of aromatic nitrogens is 4. The predicted molar refractivity (Wildman–Crippen MR) is 106 cm³/mol. The fourth-order valence-electron chi connectivity index (χ4n) is 2.82. The summed E-state index contributed by atoms with van der Waals surface area (Å²) in [5.74, 6) is -0.175. The number of hydrogen-bond acceptors (Lipinski definition) is 3. The molecule has 7 heteroatoms. The molecule has 0 fully saturated rings. The molecule has 0 atom stereocenters. The van der Waals surface area contributed by atoms with Crippen LogP contribution in [-0.2, 0) is 13.6 Å². The summed E-state index contributed by atoms with van der Waals surface area (Å²) in [4.78, 5) is 12.6. The summed E-state index contributed by atoms with van der Waals surface area (Å²) in [5, 5.41) is 11.7. The van der Waals surface area contributed by atoms with E-state index < -0.39 is 0 Å². The van der Waals surface area contributed by atoms with E-state index in [1.165, 1.54) is 11.1 Å². The molecule has 130 valence electrons. The number of carbonyl (C=O) groups is 1. The molecule has 6 nitrogen and oxygen atoms in total. The zero-order chi connectivity index (χ0) is 18.1. The molecular formula is C18H20IN5O. The Morgan fingerprint density at radius 3 is 2.60 bits per heavy atom. The molecule has 1 amide bonds. The van der Waals surface area contributed by atoms with Gasteiger partial charge in [0, 0.05) is 7.05 Å². The lowest BCUT2D eigenvalue weighted by Gasteiger charge is -2.09. The summed E-state index contributed by atoms with van der Waals surface area (Å²) >= 11 is 2.12. The van der Waals surface area contributed by atoms with E-state index >= 15 is 0 Å². The summed E-state index contributed by atoms with van der Waals surface area (Å²) in [7, 11) is 1.76. The van der Waals surface area contributed by atoms with E-state index in [1.54, 1.807) is 17.9 Å². The van der Waals surface area contributed by atoms with Crippen LogP contribution in [0.4, 0.5) is 5.69 Å². The van der Waals surface area contributed by atoms with Crippen molar-refractivity contribution in [2.45, 2.75) is 27.3 Å². The van der Waals surface area contributed by atoms with Gasteiger partial charge in [-0.1, -0.05) is 24.3 Å². The second-order valence-corrected chi connectivity index (χ2v) is 7.21. The van der Waals surface area contributed by atoms with Crippen LogP contribution in [0, 0.1) is 24.3 Å². The van der Waals surface area contributed by atoms with Gasteiger partial charge in [0.25, 0.3) is 5.91 Å². The van der Waals surface area contributed by atoms with Crippen molar-refractivity contribution in [3.05, 3.63) is 62.2 Å². The maximum absolute atomic E-state index is 12.6. The third-order valence-corrected chi connectivity index (χ3v) is 5.10. The van der Waals surface area contributed by atoms with E-state index in [-0.39, 0.29) is 5.91 Å². The first kappa shape index (κ1) is 17.7. The quantitative estimate of drug-likeness (QED) is 0.621. The van der Waals surface area contributed by atoms with Crippen molar-refractivity contribution in [2.24, 2.45) is 7.05 Å². The van der Waals surface area contributed by atoms with Gasteiger partial charge in [-0.3, -0.25) is 14.2 Å². The molecule has 2 aromatic heterocycles. The summed E-state index contributed by atoms with van der Waals surface area (Å²) in [6, 6.07) is 8.25. The highest BCUT2D eigenvalue weighted by atomic mass is 127. The molecule has 0 aliphatic rings. The first-order chi connectivity index (χ1) is 11.9. The molecule has 1 aromatic carbocycles. The van der Waals surface area contributed by atoms with Crippen molar-refractivity contribution >= 4 is 34.2 Å². The lowest BCUT2D eigenvalue weighted by atomic mass is 10.1. The van der Waals surface area contributed by atoms with Crippen LogP contribution in [0.1, 0.15) is 33.0 Å². The minimum absolute atomic E-state index is 0.175. The number of aryl methyl sites for hydroxylation is 3. The Balaban J connectivity index is 1.88. The Kier molecular flexibility index (Phi) is 4.94. The lowest BCUT2D eigenvalue weighted by Crippen LogP contribution is -2.18. The smallest absolute Gasteiger partial charge is 0.275 e. The molecule has 0 bridgehead atoms. The van der Waals surface area contributed by atoms with E-state index in [9.17, 15) is 4.79 Å². The molecule has 3 aromatic rings. The topological polar surface area (TPSA) is 64.7 Å². The summed E-state index contributed by atoms with van der Waals surface area (Å²) < 4.78 is 4.33. The van der Waals surface area contributed by atoms with E-state index in [0.717, 1.165) is 20.6 Å². The first-order valence-electron chi connectivity index (χ1n) is 7.96. The highest BCUT2D eigenvalue weighted by Crippen LogP contribution is 2.22. The van der Waals surface area contributed by atoms with Crippen molar-refractivity contribution in [3.8, 4) is 0 Å². The zero-order valence-corrected chi connectivity index (χ0v) is 16.8. The molecule has 1 N–H and O–H groups in total. The standard InChI is InChI=1S/C18H20IN5O/c1-11-7-5-6-8-14(11)10-24-13(3)16(12(2)22-24)21-18(25)17-15(19)9-20-23(17)4/h5-9H,10H2,1-4H3,(H,21,25). The van der Waals surface area contributed by atoms with Crippen molar-refractivity contribution < 1.29 is 4.79 Å². The lowest BCUT2D eigenvalue weighted by molar-refractivity contribution is 0.101. The number of benzene rings is 1. The highest BCUT2D eigenvalue weighted by molar-refractivity contribution is 14.1. The third kappa shape index (κ3) is 3.46. The van der Waals surface area contributed by atoms with Crippen LogP contribution in [-0.4, -0.2) is 25.5 Å². The highest BCUT2D eigenvalue weighted by Gasteiger charge is 2.19. The van der Waals surface area contributed by atoms with Gasteiger partial charge in [0.2, 0.25) is 0 Å². The molecule has 25 heavy (non-hydrogen) atoms. The number of halogens is 1. The SMILES string of the molecule is Cc1ccccc1Cn1nc(C)c(NC(=O)c2c(I)cnn2C)c1C. The molecule has 3 rings (SSSR count). The van der Waals surface area contributed by atoms with E-state index in [0.29, 0.717) is 12.2 Å². The van der Waals surface area contributed by atoms with Crippen molar-refractivity contribution in [1.29, 1.82) is 0 Å². The Bertz CT molecular complexity index is 922. The zero-order valence-electron chi connectivity index (χ0n) is 14.7. The number of nitrogens with zero attached hydrogens (tertiary/aromatic N) is 4. The van der Waals surface area contributed by atoms with Gasteiger partial charge in [-0.05, 0) is 54.5 Å². The van der Waals surface area contributed by atoms with Gasteiger partial charge in [0.05, 0.1) is 33.4 Å². The number of nitrogens with one attached hydrogen (secondary N) is 1. The Hall–Kier alpha value is -2.16. The van der Waals surface area contributed by atoms with Crippen LogP contribution >= 0.6 is 22.6 Å². The normalized spacial score (nSPS) is 10.9. The molecule has 0 aliphatic carbocycles. The second kappa shape index (κ2) is 6.99. The first-order valence-corrected chi connectivity index (χ1v) is 9.03. The van der Waals surface area contributed by atoms with Gasteiger partial charge in [-0.25, -0.2) is 0 Å². The summed E-state index contributed by atoms with van der Waals surface area (Å²) in [6.45, 7) is 6.65. The Morgan fingerprint density at radius 1 is 1.24 bits per heavy atom. The summed E-state index contributed by atoms with van der Waals surface area (Å²) in [5.41, 5.74) is 5.49. The molecule has 0 saturated carbocycles. The molecule has 0 aliphatic heterocycles. The predicted octanol–water partition coefficient (Wildman–Crippen LogP) is 3.45. The molecule has 0 spiro atoms. The van der Waals surface area contributed by atoms with Crippen molar-refractivity contribution in [2.75, 3.05) is 5.32 Å². The number of anilines is 1. The maximum Gasteiger partial charge on any atom is 0.275 e. The average Bonchev–Trinajstić information content (AvgIpc) is 3.03. The van der Waals surface area contributed by atoms with Crippen LogP contribution < -0.4 is 5.32 Å². The number of rotatable bonds is 4. The number of hydrogen-bond donors (Lipinski definition) is 1. The van der Waals surface area contributed by atoms with Gasteiger partial charge in [0.15, 0.2) is 0 Å². The van der Waals surface area contributed by atoms with E-state index in [1.807, 2.05) is 30.7 Å².